The van der Waals surface area contributed by atoms with Crippen LogP contribution in [0.15, 0.2) is 30.3 Å². The smallest absolute Gasteiger partial charge is 0.0626 e. The quantitative estimate of drug-likeness (QED) is 0.780. The summed E-state index contributed by atoms with van der Waals surface area (Å²) in [5.41, 5.74) is 1.20. The lowest BCUT2D eigenvalue weighted by Gasteiger charge is -2.34. The molecule has 1 aromatic carbocycles. The summed E-state index contributed by atoms with van der Waals surface area (Å²) < 4.78 is 0. The van der Waals surface area contributed by atoms with E-state index in [9.17, 15) is 5.11 Å². The summed E-state index contributed by atoms with van der Waals surface area (Å²) in [6.07, 6.45) is 7.88. The molecule has 21 heavy (non-hydrogen) atoms. The first-order valence-electron chi connectivity index (χ1n) is 8.53. The number of aliphatic hydroxyl groups excluding tert-OH is 1. The summed E-state index contributed by atoms with van der Waals surface area (Å²) in [4.78, 5) is 0. The highest BCUT2D eigenvalue weighted by molar-refractivity contribution is 5.19. The van der Waals surface area contributed by atoms with E-state index in [2.05, 4.69) is 34.9 Å². The lowest BCUT2D eigenvalue weighted by molar-refractivity contribution is 0.201. The Balaban J connectivity index is 1.64. The van der Waals surface area contributed by atoms with Crippen molar-refractivity contribution in [2.75, 3.05) is 13.2 Å². The van der Waals surface area contributed by atoms with Crippen molar-refractivity contribution in [3.05, 3.63) is 35.9 Å². The van der Waals surface area contributed by atoms with E-state index in [1.807, 2.05) is 6.07 Å². The van der Waals surface area contributed by atoms with Gasteiger partial charge in [0.1, 0.15) is 0 Å². The summed E-state index contributed by atoms with van der Waals surface area (Å²) in [5, 5.41) is 17.2. The Morgan fingerprint density at radius 1 is 1.10 bits per heavy atom. The molecule has 1 aromatic rings. The highest BCUT2D eigenvalue weighted by Gasteiger charge is 2.35. The SMILES string of the molecule is OCC(NC1CCCC1C1CCCCN1)c1ccccc1. The molecular weight excluding hydrogens is 260 g/mol. The Kier molecular flexibility index (Phi) is 5.28. The second-order valence-corrected chi connectivity index (χ2v) is 6.57. The van der Waals surface area contributed by atoms with Crippen molar-refractivity contribution in [2.45, 2.75) is 56.7 Å². The Morgan fingerprint density at radius 2 is 1.95 bits per heavy atom. The van der Waals surface area contributed by atoms with E-state index < -0.39 is 0 Å². The maximum Gasteiger partial charge on any atom is 0.0626 e. The van der Waals surface area contributed by atoms with Gasteiger partial charge in [-0.15, -0.1) is 0 Å². The van der Waals surface area contributed by atoms with Crippen molar-refractivity contribution in [2.24, 2.45) is 5.92 Å². The first-order valence-corrected chi connectivity index (χ1v) is 8.53. The van der Waals surface area contributed by atoms with E-state index in [0.717, 1.165) is 5.92 Å². The second kappa shape index (κ2) is 7.39. The Bertz CT molecular complexity index is 416. The molecule has 116 valence electrons. The minimum absolute atomic E-state index is 0.0698. The van der Waals surface area contributed by atoms with E-state index in [0.29, 0.717) is 12.1 Å². The third-order valence-electron chi connectivity index (χ3n) is 5.23. The third kappa shape index (κ3) is 3.65. The first kappa shape index (κ1) is 15.0. The molecule has 2 aliphatic rings. The molecular formula is C18H28N2O. The second-order valence-electron chi connectivity index (χ2n) is 6.57. The van der Waals surface area contributed by atoms with Crippen LogP contribution in [0.3, 0.4) is 0 Å². The first-order chi connectivity index (χ1) is 10.4. The van der Waals surface area contributed by atoms with Crippen molar-refractivity contribution in [1.82, 2.24) is 10.6 Å². The average Bonchev–Trinajstić information content (AvgIpc) is 3.02. The zero-order valence-electron chi connectivity index (χ0n) is 12.8. The normalized spacial score (nSPS) is 31.2. The van der Waals surface area contributed by atoms with E-state index in [1.54, 1.807) is 0 Å². The predicted octanol–water partition coefficient (Wildman–Crippen LogP) is 2.62. The average molecular weight is 288 g/mol. The van der Waals surface area contributed by atoms with Crippen LogP contribution < -0.4 is 10.6 Å². The standard InChI is InChI=1S/C18H28N2O/c21-13-18(14-7-2-1-3-8-14)20-17-11-6-9-15(17)16-10-4-5-12-19-16/h1-3,7-8,15-21H,4-6,9-13H2. The maximum atomic E-state index is 9.76. The Morgan fingerprint density at radius 3 is 2.67 bits per heavy atom. The number of rotatable bonds is 5. The van der Waals surface area contributed by atoms with Crippen molar-refractivity contribution in [3.63, 3.8) is 0 Å². The fraction of sp³-hybridized carbons (Fsp3) is 0.667. The van der Waals surface area contributed by atoms with Crippen molar-refractivity contribution < 1.29 is 5.11 Å². The summed E-state index contributed by atoms with van der Waals surface area (Å²) in [6, 6.07) is 11.6. The lowest BCUT2D eigenvalue weighted by Crippen LogP contribution is -2.48. The van der Waals surface area contributed by atoms with Crippen LogP contribution in [-0.2, 0) is 0 Å². The van der Waals surface area contributed by atoms with Gasteiger partial charge in [-0.1, -0.05) is 43.2 Å². The van der Waals surface area contributed by atoms with Gasteiger partial charge < -0.3 is 15.7 Å². The van der Waals surface area contributed by atoms with Gasteiger partial charge in [-0.3, -0.25) is 0 Å². The van der Waals surface area contributed by atoms with Crippen LogP contribution >= 0.6 is 0 Å². The van der Waals surface area contributed by atoms with E-state index in [1.165, 1.54) is 50.6 Å². The topological polar surface area (TPSA) is 44.3 Å². The number of nitrogens with one attached hydrogen (secondary N) is 2. The van der Waals surface area contributed by atoms with Crippen LogP contribution in [-0.4, -0.2) is 30.3 Å². The van der Waals surface area contributed by atoms with E-state index in [-0.39, 0.29) is 12.6 Å². The lowest BCUT2D eigenvalue weighted by atomic mass is 9.87. The highest BCUT2D eigenvalue weighted by Crippen LogP contribution is 2.33. The molecule has 0 aromatic heterocycles. The largest absolute Gasteiger partial charge is 0.394 e. The van der Waals surface area contributed by atoms with Crippen LogP contribution in [0, 0.1) is 5.92 Å². The van der Waals surface area contributed by atoms with Gasteiger partial charge in [-0.05, 0) is 43.7 Å². The molecule has 2 fully saturated rings. The van der Waals surface area contributed by atoms with Crippen LogP contribution in [0.5, 0.6) is 0 Å². The van der Waals surface area contributed by atoms with Gasteiger partial charge in [0.2, 0.25) is 0 Å². The van der Waals surface area contributed by atoms with Crippen LogP contribution in [0.1, 0.15) is 50.1 Å². The minimum Gasteiger partial charge on any atom is -0.394 e. The summed E-state index contributed by atoms with van der Waals surface area (Å²) >= 11 is 0. The molecule has 3 rings (SSSR count). The minimum atomic E-state index is 0.0698. The Labute approximate surface area is 128 Å². The molecule has 1 saturated carbocycles. The summed E-state index contributed by atoms with van der Waals surface area (Å²) in [5.74, 6) is 0.725. The van der Waals surface area contributed by atoms with E-state index >= 15 is 0 Å². The van der Waals surface area contributed by atoms with Crippen molar-refractivity contribution >= 4 is 0 Å². The van der Waals surface area contributed by atoms with Gasteiger partial charge in [0.05, 0.1) is 12.6 Å². The van der Waals surface area contributed by atoms with Gasteiger partial charge >= 0.3 is 0 Å². The molecule has 0 amide bonds. The number of piperidine rings is 1. The monoisotopic (exact) mass is 288 g/mol. The van der Waals surface area contributed by atoms with Gasteiger partial charge in [0.25, 0.3) is 0 Å². The van der Waals surface area contributed by atoms with Crippen molar-refractivity contribution in [3.8, 4) is 0 Å². The predicted molar refractivity (Wildman–Crippen MR) is 86.2 cm³/mol. The van der Waals surface area contributed by atoms with Crippen LogP contribution in [0.25, 0.3) is 0 Å². The summed E-state index contributed by atoms with van der Waals surface area (Å²) in [6.45, 7) is 1.35. The third-order valence-corrected chi connectivity index (χ3v) is 5.23. The molecule has 1 saturated heterocycles. The number of hydrogen-bond donors (Lipinski definition) is 3. The summed E-state index contributed by atoms with van der Waals surface area (Å²) in [7, 11) is 0. The number of aliphatic hydroxyl groups is 1. The van der Waals surface area contributed by atoms with Crippen LogP contribution in [0.2, 0.25) is 0 Å². The molecule has 1 aliphatic heterocycles. The molecule has 4 atom stereocenters. The highest BCUT2D eigenvalue weighted by atomic mass is 16.3. The number of benzene rings is 1. The Hall–Kier alpha value is -0.900. The number of hydrogen-bond acceptors (Lipinski definition) is 3. The maximum absolute atomic E-state index is 9.76. The van der Waals surface area contributed by atoms with Gasteiger partial charge in [-0.2, -0.15) is 0 Å². The molecule has 1 aliphatic carbocycles. The van der Waals surface area contributed by atoms with E-state index in [4.69, 9.17) is 0 Å². The van der Waals surface area contributed by atoms with Gasteiger partial charge in [0.15, 0.2) is 0 Å². The fourth-order valence-electron chi connectivity index (χ4n) is 4.12. The molecule has 0 spiro atoms. The van der Waals surface area contributed by atoms with Gasteiger partial charge in [0, 0.05) is 12.1 Å². The van der Waals surface area contributed by atoms with Crippen molar-refractivity contribution in [1.29, 1.82) is 0 Å². The molecule has 0 bridgehead atoms. The zero-order chi connectivity index (χ0) is 14.5. The van der Waals surface area contributed by atoms with Gasteiger partial charge in [-0.25, -0.2) is 0 Å². The molecule has 3 N–H and O–H groups in total. The molecule has 3 nitrogen and oxygen atoms in total. The molecule has 0 radical (unpaired) electrons. The fourth-order valence-corrected chi connectivity index (χ4v) is 4.12. The molecule has 3 heteroatoms. The van der Waals surface area contributed by atoms with Crippen LogP contribution in [0.4, 0.5) is 0 Å². The molecule has 4 unspecified atom stereocenters. The zero-order valence-corrected chi connectivity index (χ0v) is 12.8. The molecule has 1 heterocycles.